The van der Waals surface area contributed by atoms with E-state index < -0.39 is 0 Å². The second kappa shape index (κ2) is 5.27. The largest absolute Gasteiger partial charge is 0.399 e. The summed E-state index contributed by atoms with van der Waals surface area (Å²) in [5, 5.41) is 9.12. The minimum absolute atomic E-state index is 0.219. The summed E-state index contributed by atoms with van der Waals surface area (Å²) in [4.78, 5) is 1.21. The zero-order valence-corrected chi connectivity index (χ0v) is 9.47. The van der Waals surface area contributed by atoms with E-state index in [1.54, 1.807) is 11.8 Å². The molecule has 14 heavy (non-hydrogen) atoms. The molecular formula is C11H17NOS. The molecule has 1 atom stereocenters. The Morgan fingerprint density at radius 1 is 1.50 bits per heavy atom. The van der Waals surface area contributed by atoms with Gasteiger partial charge < -0.3 is 10.8 Å². The lowest BCUT2D eigenvalue weighted by Crippen LogP contribution is -2.00. The smallest absolute Gasteiger partial charge is 0.0520 e. The maximum Gasteiger partial charge on any atom is 0.0520 e. The van der Waals surface area contributed by atoms with Crippen molar-refractivity contribution in [3.63, 3.8) is 0 Å². The summed E-state index contributed by atoms with van der Waals surface area (Å²) >= 11 is 1.75. The van der Waals surface area contributed by atoms with Crippen molar-refractivity contribution in [1.29, 1.82) is 0 Å². The first-order chi connectivity index (χ1) is 6.59. The number of rotatable bonds is 4. The number of anilines is 1. The molecule has 0 aliphatic carbocycles. The lowest BCUT2D eigenvalue weighted by Gasteiger charge is -2.07. The van der Waals surface area contributed by atoms with Gasteiger partial charge in [-0.3, -0.25) is 0 Å². The molecule has 0 aromatic heterocycles. The van der Waals surface area contributed by atoms with Crippen molar-refractivity contribution in [2.24, 2.45) is 0 Å². The molecule has 1 rings (SSSR count). The van der Waals surface area contributed by atoms with Crippen molar-refractivity contribution in [2.45, 2.75) is 31.3 Å². The van der Waals surface area contributed by atoms with E-state index in [0.717, 1.165) is 17.9 Å². The van der Waals surface area contributed by atoms with Crippen LogP contribution < -0.4 is 5.73 Å². The van der Waals surface area contributed by atoms with E-state index in [1.807, 2.05) is 25.1 Å². The van der Waals surface area contributed by atoms with Crippen LogP contribution in [0.5, 0.6) is 0 Å². The van der Waals surface area contributed by atoms with Crippen LogP contribution in [0.1, 0.15) is 18.9 Å². The number of benzene rings is 1. The third kappa shape index (κ3) is 3.60. The van der Waals surface area contributed by atoms with Gasteiger partial charge in [0.2, 0.25) is 0 Å². The van der Waals surface area contributed by atoms with Crippen LogP contribution in [0.15, 0.2) is 23.1 Å². The lowest BCUT2D eigenvalue weighted by atomic mass is 10.2. The number of nitrogens with two attached hydrogens (primary N) is 1. The fraction of sp³-hybridized carbons (Fsp3) is 0.455. The number of hydrogen-bond donors (Lipinski definition) is 2. The zero-order valence-electron chi connectivity index (χ0n) is 8.66. The molecule has 0 aliphatic heterocycles. The predicted molar refractivity (Wildman–Crippen MR) is 62.6 cm³/mol. The van der Waals surface area contributed by atoms with E-state index in [4.69, 9.17) is 10.8 Å². The topological polar surface area (TPSA) is 46.2 Å². The Hall–Kier alpha value is -0.670. The summed E-state index contributed by atoms with van der Waals surface area (Å²) in [6, 6.07) is 5.93. The monoisotopic (exact) mass is 211 g/mol. The summed E-state index contributed by atoms with van der Waals surface area (Å²) in [5.74, 6) is 0.933. The minimum Gasteiger partial charge on any atom is -0.399 e. The number of thioether (sulfide) groups is 1. The van der Waals surface area contributed by atoms with E-state index >= 15 is 0 Å². The third-order valence-corrected chi connectivity index (χ3v) is 3.20. The van der Waals surface area contributed by atoms with Gasteiger partial charge in [-0.1, -0.05) is 6.07 Å². The Morgan fingerprint density at radius 2 is 2.21 bits per heavy atom. The van der Waals surface area contributed by atoms with Gasteiger partial charge in [0.25, 0.3) is 0 Å². The van der Waals surface area contributed by atoms with E-state index in [9.17, 15) is 0 Å². The van der Waals surface area contributed by atoms with Crippen LogP contribution in [0.4, 0.5) is 5.69 Å². The van der Waals surface area contributed by atoms with Crippen LogP contribution in [-0.4, -0.2) is 17.0 Å². The normalized spacial score (nSPS) is 12.8. The molecule has 1 aromatic carbocycles. The highest BCUT2D eigenvalue weighted by atomic mass is 32.2. The molecule has 1 unspecified atom stereocenters. The average molecular weight is 211 g/mol. The van der Waals surface area contributed by atoms with Crippen molar-refractivity contribution in [2.75, 3.05) is 11.5 Å². The van der Waals surface area contributed by atoms with Crippen molar-refractivity contribution in [3.8, 4) is 0 Å². The molecule has 0 bridgehead atoms. The van der Waals surface area contributed by atoms with Crippen LogP contribution in [0.25, 0.3) is 0 Å². The highest BCUT2D eigenvalue weighted by Gasteiger charge is 2.01. The van der Waals surface area contributed by atoms with Gasteiger partial charge in [-0.15, -0.1) is 11.8 Å². The van der Waals surface area contributed by atoms with E-state index in [-0.39, 0.29) is 6.10 Å². The van der Waals surface area contributed by atoms with Gasteiger partial charge in [-0.2, -0.15) is 0 Å². The predicted octanol–water partition coefficient (Wildman–Crippen LogP) is 2.44. The standard InChI is InChI=1S/C11H17NOS/c1-8-3-4-10(12)7-11(8)14-6-5-9(2)13/h3-4,7,9,13H,5-6,12H2,1-2H3. The van der Waals surface area contributed by atoms with Crippen LogP contribution in [0, 0.1) is 6.92 Å². The molecule has 0 saturated carbocycles. The van der Waals surface area contributed by atoms with E-state index in [1.165, 1.54) is 10.5 Å². The Morgan fingerprint density at radius 3 is 2.86 bits per heavy atom. The number of hydrogen-bond acceptors (Lipinski definition) is 3. The van der Waals surface area contributed by atoms with Crippen LogP contribution in [-0.2, 0) is 0 Å². The molecule has 3 N–H and O–H groups in total. The second-order valence-corrected chi connectivity index (χ2v) is 4.65. The van der Waals surface area contributed by atoms with Crippen LogP contribution >= 0.6 is 11.8 Å². The molecule has 0 heterocycles. The Bertz CT molecular complexity index is 299. The molecule has 0 amide bonds. The average Bonchev–Trinajstić information content (AvgIpc) is 2.10. The number of aryl methyl sites for hydroxylation is 1. The Balaban J connectivity index is 2.53. The molecular weight excluding hydrogens is 194 g/mol. The highest BCUT2D eigenvalue weighted by Crippen LogP contribution is 2.25. The molecule has 2 nitrogen and oxygen atoms in total. The SMILES string of the molecule is Cc1ccc(N)cc1SCCC(C)O. The van der Waals surface area contributed by atoms with Gasteiger partial charge >= 0.3 is 0 Å². The quantitative estimate of drug-likeness (QED) is 0.594. The second-order valence-electron chi connectivity index (χ2n) is 3.51. The van der Waals surface area contributed by atoms with Gasteiger partial charge in [0.05, 0.1) is 6.10 Å². The van der Waals surface area contributed by atoms with Crippen molar-refractivity contribution in [1.82, 2.24) is 0 Å². The molecule has 0 radical (unpaired) electrons. The summed E-state index contributed by atoms with van der Waals surface area (Å²) in [7, 11) is 0. The minimum atomic E-state index is -0.219. The molecule has 3 heteroatoms. The zero-order chi connectivity index (χ0) is 10.6. The van der Waals surface area contributed by atoms with Gasteiger partial charge in [-0.05, 0) is 38.0 Å². The maximum atomic E-state index is 9.12. The fourth-order valence-electron chi connectivity index (χ4n) is 1.11. The van der Waals surface area contributed by atoms with E-state index in [2.05, 4.69) is 6.92 Å². The summed E-state index contributed by atoms with van der Waals surface area (Å²) in [6.07, 6.45) is 0.600. The van der Waals surface area contributed by atoms with Gasteiger partial charge in [0, 0.05) is 16.3 Å². The van der Waals surface area contributed by atoms with E-state index in [0.29, 0.717) is 0 Å². The van der Waals surface area contributed by atoms with Crippen LogP contribution in [0.3, 0.4) is 0 Å². The fourth-order valence-corrected chi connectivity index (χ4v) is 2.31. The molecule has 0 fully saturated rings. The summed E-state index contributed by atoms with van der Waals surface area (Å²) in [5.41, 5.74) is 7.74. The first-order valence-electron chi connectivity index (χ1n) is 4.76. The third-order valence-electron chi connectivity index (χ3n) is 2.01. The molecule has 1 aromatic rings. The highest BCUT2D eigenvalue weighted by molar-refractivity contribution is 7.99. The van der Waals surface area contributed by atoms with Gasteiger partial charge in [0.15, 0.2) is 0 Å². The summed E-state index contributed by atoms with van der Waals surface area (Å²) in [6.45, 7) is 3.89. The van der Waals surface area contributed by atoms with Gasteiger partial charge in [0.1, 0.15) is 0 Å². The molecule has 0 spiro atoms. The Labute approximate surface area is 89.5 Å². The first-order valence-corrected chi connectivity index (χ1v) is 5.75. The van der Waals surface area contributed by atoms with Gasteiger partial charge in [-0.25, -0.2) is 0 Å². The van der Waals surface area contributed by atoms with Crippen molar-refractivity contribution >= 4 is 17.4 Å². The van der Waals surface area contributed by atoms with Crippen molar-refractivity contribution < 1.29 is 5.11 Å². The molecule has 78 valence electrons. The molecule has 0 aliphatic rings. The number of aliphatic hydroxyl groups excluding tert-OH is 1. The lowest BCUT2D eigenvalue weighted by molar-refractivity contribution is 0.192. The Kier molecular flexibility index (Phi) is 4.29. The summed E-state index contributed by atoms with van der Waals surface area (Å²) < 4.78 is 0. The number of aliphatic hydroxyl groups is 1. The van der Waals surface area contributed by atoms with Crippen LogP contribution in [0.2, 0.25) is 0 Å². The molecule has 0 saturated heterocycles. The van der Waals surface area contributed by atoms with Crippen molar-refractivity contribution in [3.05, 3.63) is 23.8 Å². The maximum absolute atomic E-state index is 9.12. The number of nitrogen functional groups attached to an aromatic ring is 1. The first kappa shape index (κ1) is 11.4.